The fraction of sp³-hybridized carbons (Fsp3) is 0.462. The van der Waals surface area contributed by atoms with Gasteiger partial charge in [-0.25, -0.2) is 0 Å². The zero-order valence-electron chi connectivity index (χ0n) is 10.1. The molecule has 0 saturated carbocycles. The molecule has 0 spiro atoms. The summed E-state index contributed by atoms with van der Waals surface area (Å²) in [6.07, 6.45) is 9.52. The molecular weight excluding hydrogens is 212 g/mol. The Kier molecular flexibility index (Phi) is 2.52. The largest absolute Gasteiger partial charge is 0.324 e. The molecule has 2 aromatic heterocycles. The van der Waals surface area contributed by atoms with Crippen LogP contribution in [-0.2, 0) is 13.0 Å². The van der Waals surface area contributed by atoms with Crippen LogP contribution in [0.2, 0.25) is 0 Å². The summed E-state index contributed by atoms with van der Waals surface area (Å²) in [5, 5.41) is 4.32. The summed E-state index contributed by atoms with van der Waals surface area (Å²) < 4.78 is 4.18. The van der Waals surface area contributed by atoms with Crippen LogP contribution >= 0.6 is 0 Å². The van der Waals surface area contributed by atoms with Gasteiger partial charge in [0.05, 0.1) is 11.9 Å². The van der Waals surface area contributed by atoms with E-state index in [4.69, 9.17) is 5.73 Å². The van der Waals surface area contributed by atoms with E-state index < -0.39 is 0 Å². The van der Waals surface area contributed by atoms with Crippen LogP contribution in [0.15, 0.2) is 24.7 Å². The predicted octanol–water partition coefficient (Wildman–Crippen LogP) is 2.03. The number of rotatable bonds is 2. The Morgan fingerprint density at radius 1 is 1.53 bits per heavy atom. The summed E-state index contributed by atoms with van der Waals surface area (Å²) in [5.74, 6) is 0. The van der Waals surface area contributed by atoms with Gasteiger partial charge in [0.15, 0.2) is 0 Å². The quantitative estimate of drug-likeness (QED) is 0.858. The summed E-state index contributed by atoms with van der Waals surface area (Å²) in [5.41, 5.74) is 9.94. The standard InChI is InChI=1S/C13H18N4/c1-2-16-9-10(8-15-16)17-7-6-11-12(14)4-3-5-13(11)17/h6-9,12H,2-5,14H2,1H3. The first kappa shape index (κ1) is 10.6. The first-order chi connectivity index (χ1) is 8.29. The molecule has 3 rings (SSSR count). The van der Waals surface area contributed by atoms with Gasteiger partial charge in [-0.05, 0) is 37.8 Å². The van der Waals surface area contributed by atoms with Crippen LogP contribution in [0.5, 0.6) is 0 Å². The predicted molar refractivity (Wildman–Crippen MR) is 67.1 cm³/mol. The minimum atomic E-state index is 0.209. The van der Waals surface area contributed by atoms with Crippen LogP contribution in [-0.4, -0.2) is 14.3 Å². The van der Waals surface area contributed by atoms with Gasteiger partial charge in [-0.1, -0.05) is 0 Å². The average molecular weight is 230 g/mol. The molecule has 2 N–H and O–H groups in total. The Hall–Kier alpha value is -1.55. The third-order valence-corrected chi connectivity index (χ3v) is 3.58. The molecule has 1 aliphatic carbocycles. The van der Waals surface area contributed by atoms with Crippen LogP contribution in [0.3, 0.4) is 0 Å². The molecular formula is C13H18N4. The van der Waals surface area contributed by atoms with Crippen molar-refractivity contribution in [3.8, 4) is 5.69 Å². The molecule has 17 heavy (non-hydrogen) atoms. The van der Waals surface area contributed by atoms with E-state index in [1.54, 1.807) is 0 Å². The van der Waals surface area contributed by atoms with Crippen molar-refractivity contribution < 1.29 is 0 Å². The molecule has 4 nitrogen and oxygen atoms in total. The molecule has 0 saturated heterocycles. The van der Waals surface area contributed by atoms with Crippen LogP contribution < -0.4 is 5.73 Å². The summed E-state index contributed by atoms with van der Waals surface area (Å²) >= 11 is 0. The fourth-order valence-electron chi connectivity index (χ4n) is 2.62. The molecule has 90 valence electrons. The van der Waals surface area contributed by atoms with Crippen molar-refractivity contribution in [2.24, 2.45) is 5.73 Å². The van der Waals surface area contributed by atoms with Gasteiger partial charge < -0.3 is 10.3 Å². The van der Waals surface area contributed by atoms with Crippen LogP contribution in [0, 0.1) is 0 Å². The Morgan fingerprint density at radius 2 is 2.41 bits per heavy atom. The minimum Gasteiger partial charge on any atom is -0.324 e. The SMILES string of the molecule is CCn1cc(-n2ccc3c2CCCC3N)cn1. The molecule has 0 amide bonds. The molecule has 1 atom stereocenters. The van der Waals surface area contributed by atoms with E-state index in [1.807, 2.05) is 10.9 Å². The second kappa shape index (κ2) is 4.04. The van der Waals surface area contributed by atoms with Crippen LogP contribution in [0.25, 0.3) is 5.69 Å². The molecule has 0 radical (unpaired) electrons. The summed E-state index contributed by atoms with van der Waals surface area (Å²) in [6, 6.07) is 2.36. The molecule has 2 aromatic rings. The lowest BCUT2D eigenvalue weighted by Gasteiger charge is -2.20. The van der Waals surface area contributed by atoms with Crippen LogP contribution in [0.1, 0.15) is 37.1 Å². The number of hydrogen-bond acceptors (Lipinski definition) is 2. The maximum absolute atomic E-state index is 6.13. The van der Waals surface area contributed by atoms with Gasteiger partial charge in [0.25, 0.3) is 0 Å². The number of fused-ring (bicyclic) bond motifs is 1. The number of nitrogens with zero attached hydrogens (tertiary/aromatic N) is 3. The molecule has 1 unspecified atom stereocenters. The Bertz CT molecular complexity index is 523. The lowest BCUT2D eigenvalue weighted by atomic mass is 9.94. The minimum absolute atomic E-state index is 0.209. The van der Waals surface area contributed by atoms with Crippen molar-refractivity contribution in [3.05, 3.63) is 35.9 Å². The molecule has 4 heteroatoms. The van der Waals surface area contributed by atoms with Gasteiger partial charge in [-0.15, -0.1) is 0 Å². The van der Waals surface area contributed by atoms with Gasteiger partial charge in [0, 0.05) is 30.7 Å². The van der Waals surface area contributed by atoms with E-state index in [0.717, 1.165) is 25.1 Å². The second-order valence-electron chi connectivity index (χ2n) is 4.64. The Morgan fingerprint density at radius 3 is 3.18 bits per heavy atom. The summed E-state index contributed by atoms with van der Waals surface area (Å²) in [4.78, 5) is 0. The van der Waals surface area contributed by atoms with Gasteiger partial charge in [0.2, 0.25) is 0 Å². The Labute approximate surface area is 101 Å². The average Bonchev–Trinajstić information content (AvgIpc) is 2.94. The molecule has 0 aromatic carbocycles. The highest BCUT2D eigenvalue weighted by atomic mass is 15.3. The first-order valence-electron chi connectivity index (χ1n) is 6.28. The number of aromatic nitrogens is 3. The van der Waals surface area contributed by atoms with E-state index >= 15 is 0 Å². The van der Waals surface area contributed by atoms with Crippen molar-refractivity contribution in [1.29, 1.82) is 0 Å². The monoisotopic (exact) mass is 230 g/mol. The first-order valence-corrected chi connectivity index (χ1v) is 6.28. The van der Waals surface area contributed by atoms with Gasteiger partial charge in [0.1, 0.15) is 0 Å². The van der Waals surface area contributed by atoms with Gasteiger partial charge >= 0.3 is 0 Å². The third kappa shape index (κ3) is 1.69. The van der Waals surface area contributed by atoms with E-state index in [0.29, 0.717) is 0 Å². The molecule has 2 heterocycles. The normalized spacial score (nSPS) is 19.3. The van der Waals surface area contributed by atoms with Gasteiger partial charge in [-0.2, -0.15) is 5.10 Å². The zero-order chi connectivity index (χ0) is 11.8. The van der Waals surface area contributed by atoms with Crippen molar-refractivity contribution in [2.75, 3.05) is 0 Å². The maximum atomic E-state index is 6.13. The van der Waals surface area contributed by atoms with Crippen molar-refractivity contribution in [2.45, 2.75) is 38.8 Å². The highest BCUT2D eigenvalue weighted by Gasteiger charge is 2.20. The summed E-state index contributed by atoms with van der Waals surface area (Å²) in [6.45, 7) is 3.00. The highest BCUT2D eigenvalue weighted by molar-refractivity contribution is 5.37. The molecule has 0 aliphatic heterocycles. The van der Waals surface area contributed by atoms with Crippen molar-refractivity contribution in [1.82, 2.24) is 14.3 Å². The lowest BCUT2D eigenvalue weighted by molar-refractivity contribution is 0.560. The summed E-state index contributed by atoms with van der Waals surface area (Å²) in [7, 11) is 0. The van der Waals surface area contributed by atoms with Gasteiger partial charge in [-0.3, -0.25) is 4.68 Å². The molecule has 0 bridgehead atoms. The van der Waals surface area contributed by atoms with Crippen LogP contribution in [0.4, 0.5) is 0 Å². The van der Waals surface area contributed by atoms with Crippen molar-refractivity contribution in [3.63, 3.8) is 0 Å². The topological polar surface area (TPSA) is 48.8 Å². The molecule has 0 fully saturated rings. The third-order valence-electron chi connectivity index (χ3n) is 3.58. The number of aryl methyl sites for hydroxylation is 1. The second-order valence-corrected chi connectivity index (χ2v) is 4.64. The van der Waals surface area contributed by atoms with E-state index in [1.165, 1.54) is 17.7 Å². The number of hydrogen-bond donors (Lipinski definition) is 1. The number of nitrogens with two attached hydrogens (primary N) is 1. The van der Waals surface area contributed by atoms with Crippen molar-refractivity contribution >= 4 is 0 Å². The Balaban J connectivity index is 2.03. The lowest BCUT2D eigenvalue weighted by Crippen LogP contribution is -2.17. The fourth-order valence-corrected chi connectivity index (χ4v) is 2.62. The smallest absolute Gasteiger partial charge is 0.0835 e. The van der Waals surface area contributed by atoms with E-state index in [2.05, 4.69) is 35.0 Å². The maximum Gasteiger partial charge on any atom is 0.0835 e. The highest BCUT2D eigenvalue weighted by Crippen LogP contribution is 2.30. The zero-order valence-corrected chi connectivity index (χ0v) is 10.1. The van der Waals surface area contributed by atoms with E-state index in [-0.39, 0.29) is 6.04 Å². The molecule has 1 aliphatic rings. The van der Waals surface area contributed by atoms with E-state index in [9.17, 15) is 0 Å².